The van der Waals surface area contributed by atoms with Gasteiger partial charge < -0.3 is 4.74 Å². The van der Waals surface area contributed by atoms with Crippen molar-refractivity contribution in [3.8, 4) is 0 Å². The van der Waals surface area contributed by atoms with Crippen LogP contribution < -0.4 is 0 Å². The third-order valence-electron chi connectivity index (χ3n) is 6.19. The summed E-state index contributed by atoms with van der Waals surface area (Å²) in [4.78, 5) is 2.00. The molecule has 0 bridgehead atoms. The first-order valence-electron chi connectivity index (χ1n) is 11.8. The van der Waals surface area contributed by atoms with Crippen molar-refractivity contribution in [1.82, 2.24) is 9.21 Å². The zero-order valence-corrected chi connectivity index (χ0v) is 21.7. The number of halogens is 5. The number of sulfonamides is 1. The van der Waals surface area contributed by atoms with Gasteiger partial charge in [-0.15, -0.1) is 0 Å². The number of hydrogen-bond donors (Lipinski definition) is 0. The van der Waals surface area contributed by atoms with Crippen LogP contribution in [0, 0.1) is 5.82 Å². The van der Waals surface area contributed by atoms with E-state index >= 15 is 0 Å². The normalized spacial score (nSPS) is 17.6. The van der Waals surface area contributed by atoms with Crippen LogP contribution in [-0.4, -0.2) is 62.8 Å². The van der Waals surface area contributed by atoms with Crippen LogP contribution in [0.4, 0.5) is 17.6 Å². The number of rotatable bonds is 11. The van der Waals surface area contributed by atoms with Crippen LogP contribution in [0.15, 0.2) is 42.5 Å². The highest BCUT2D eigenvalue weighted by molar-refractivity contribution is 7.88. The largest absolute Gasteiger partial charge is 0.417 e. The maximum Gasteiger partial charge on any atom is 0.417 e. The zero-order chi connectivity index (χ0) is 26.3. The molecule has 36 heavy (non-hydrogen) atoms. The molecule has 0 saturated carbocycles. The van der Waals surface area contributed by atoms with Crippen molar-refractivity contribution in [2.24, 2.45) is 0 Å². The van der Waals surface area contributed by atoms with Crippen LogP contribution >= 0.6 is 11.6 Å². The average Bonchev–Trinajstić information content (AvgIpc) is 2.81. The highest BCUT2D eigenvalue weighted by Gasteiger charge is 2.34. The molecular formula is C25H31ClF4N2O3S. The second-order valence-corrected chi connectivity index (χ2v) is 11.4. The van der Waals surface area contributed by atoms with Crippen molar-refractivity contribution < 1.29 is 30.7 Å². The Labute approximate surface area is 215 Å². The van der Waals surface area contributed by atoms with Crippen LogP contribution in [0.25, 0.3) is 0 Å². The van der Waals surface area contributed by atoms with E-state index in [9.17, 15) is 26.0 Å². The molecule has 0 N–H and O–H groups in total. The molecule has 0 aliphatic carbocycles. The van der Waals surface area contributed by atoms with Gasteiger partial charge in [-0.25, -0.2) is 12.8 Å². The zero-order valence-electron chi connectivity index (χ0n) is 20.1. The van der Waals surface area contributed by atoms with Crippen LogP contribution in [0.3, 0.4) is 0 Å². The molecule has 1 heterocycles. The molecule has 0 spiro atoms. The number of benzene rings is 2. The fourth-order valence-electron chi connectivity index (χ4n) is 4.25. The molecule has 1 saturated heterocycles. The quantitative estimate of drug-likeness (QED) is 0.279. The summed E-state index contributed by atoms with van der Waals surface area (Å²) in [5, 5.41) is -0.309. The van der Waals surface area contributed by atoms with Gasteiger partial charge >= 0.3 is 6.18 Å². The van der Waals surface area contributed by atoms with Crippen LogP contribution in [0.1, 0.15) is 36.0 Å². The lowest BCUT2D eigenvalue weighted by Gasteiger charge is -2.31. The maximum atomic E-state index is 13.3. The molecule has 1 fully saturated rings. The fourth-order valence-corrected chi connectivity index (χ4v) is 5.44. The highest BCUT2D eigenvalue weighted by Crippen LogP contribution is 2.36. The van der Waals surface area contributed by atoms with Gasteiger partial charge in [-0.2, -0.15) is 17.5 Å². The topological polar surface area (TPSA) is 49.9 Å². The van der Waals surface area contributed by atoms with Gasteiger partial charge in [-0.3, -0.25) is 4.90 Å². The predicted octanol–water partition coefficient (Wildman–Crippen LogP) is 5.37. The lowest BCUT2D eigenvalue weighted by molar-refractivity contribution is -0.137. The summed E-state index contributed by atoms with van der Waals surface area (Å²) in [6, 6.07) is 10.0. The van der Waals surface area contributed by atoms with E-state index in [1.54, 1.807) is 18.2 Å². The maximum absolute atomic E-state index is 13.3. The molecule has 3 rings (SSSR count). The SMILES string of the molecule is CS(=O)(=O)N1CCCC(OCCCN(CCc2ccc(F)cc2)Cc2cccc(C(F)(F)F)c2Cl)C1. The minimum absolute atomic E-state index is 0.181. The van der Waals surface area contributed by atoms with Gasteiger partial charge in [0.1, 0.15) is 5.82 Å². The lowest BCUT2D eigenvalue weighted by Crippen LogP contribution is -2.42. The monoisotopic (exact) mass is 550 g/mol. The minimum Gasteiger partial charge on any atom is -0.377 e. The molecule has 0 amide bonds. The first-order valence-corrected chi connectivity index (χ1v) is 14.0. The highest BCUT2D eigenvalue weighted by atomic mass is 35.5. The molecule has 1 unspecified atom stereocenters. The number of ether oxygens (including phenoxy) is 1. The van der Waals surface area contributed by atoms with Gasteiger partial charge in [-0.1, -0.05) is 35.9 Å². The van der Waals surface area contributed by atoms with E-state index in [2.05, 4.69) is 0 Å². The molecule has 0 aromatic heterocycles. The Morgan fingerprint density at radius 2 is 1.86 bits per heavy atom. The molecule has 2 aromatic carbocycles. The van der Waals surface area contributed by atoms with Gasteiger partial charge in [0.15, 0.2) is 0 Å². The molecule has 1 aliphatic rings. The molecule has 5 nitrogen and oxygen atoms in total. The number of piperidine rings is 1. The van der Waals surface area contributed by atoms with E-state index in [-0.39, 0.29) is 23.5 Å². The summed E-state index contributed by atoms with van der Waals surface area (Å²) in [7, 11) is -3.26. The summed E-state index contributed by atoms with van der Waals surface area (Å²) >= 11 is 6.12. The smallest absolute Gasteiger partial charge is 0.377 e. The van der Waals surface area contributed by atoms with Gasteiger partial charge in [0.05, 0.1) is 22.9 Å². The van der Waals surface area contributed by atoms with E-state index in [1.165, 1.54) is 28.8 Å². The molecule has 11 heteroatoms. The molecule has 200 valence electrons. The number of nitrogens with zero attached hydrogens (tertiary/aromatic N) is 2. The molecule has 1 atom stereocenters. The first-order chi connectivity index (χ1) is 16.9. The average molecular weight is 551 g/mol. The number of alkyl halides is 3. The van der Waals surface area contributed by atoms with Crippen molar-refractivity contribution >= 4 is 21.6 Å². The second-order valence-electron chi connectivity index (χ2n) is 9.04. The predicted molar refractivity (Wildman–Crippen MR) is 132 cm³/mol. The Kier molecular flexibility index (Phi) is 10.2. The standard InChI is InChI=1S/C25H31ClF4N2O3S/c1-36(33,34)32-14-3-6-22(18-32)35-16-4-13-31(15-12-19-8-10-21(27)11-9-19)17-20-5-2-7-23(24(20)26)25(28,29)30/h2,5,7-11,22H,3-4,6,12-18H2,1H3. The van der Waals surface area contributed by atoms with E-state index < -0.39 is 21.8 Å². The van der Waals surface area contributed by atoms with Crippen molar-refractivity contribution in [2.45, 2.75) is 44.5 Å². The fraction of sp³-hybridized carbons (Fsp3) is 0.520. The first kappa shape index (κ1) is 28.8. The van der Waals surface area contributed by atoms with Gasteiger partial charge in [0.25, 0.3) is 0 Å². The van der Waals surface area contributed by atoms with Gasteiger partial charge in [-0.05, 0) is 55.0 Å². The van der Waals surface area contributed by atoms with Crippen LogP contribution in [0.5, 0.6) is 0 Å². The molecule has 1 aliphatic heterocycles. The minimum atomic E-state index is -4.54. The Balaban J connectivity index is 1.61. The Morgan fingerprint density at radius 3 is 2.53 bits per heavy atom. The Hall–Kier alpha value is -1.72. The summed E-state index contributed by atoms with van der Waals surface area (Å²) in [5.41, 5.74) is 0.426. The van der Waals surface area contributed by atoms with Crippen molar-refractivity contribution in [3.05, 3.63) is 70.0 Å². The van der Waals surface area contributed by atoms with Crippen molar-refractivity contribution in [1.29, 1.82) is 0 Å². The van der Waals surface area contributed by atoms with E-state index in [4.69, 9.17) is 16.3 Å². The number of hydrogen-bond acceptors (Lipinski definition) is 4. The van der Waals surface area contributed by atoms with E-state index in [0.29, 0.717) is 51.2 Å². The summed E-state index contributed by atoms with van der Waals surface area (Å²) in [6.07, 6.45) is -0.832. The van der Waals surface area contributed by atoms with Crippen molar-refractivity contribution in [2.75, 3.05) is 39.0 Å². The second kappa shape index (κ2) is 12.7. The van der Waals surface area contributed by atoms with Crippen LogP contribution in [0.2, 0.25) is 5.02 Å². The Morgan fingerprint density at radius 1 is 1.14 bits per heavy atom. The Bertz CT molecular complexity index is 1100. The van der Waals surface area contributed by atoms with Gasteiger partial charge in [0.2, 0.25) is 10.0 Å². The third-order valence-corrected chi connectivity index (χ3v) is 7.91. The van der Waals surface area contributed by atoms with Crippen LogP contribution in [-0.2, 0) is 33.9 Å². The molecular weight excluding hydrogens is 520 g/mol. The third kappa shape index (κ3) is 8.69. The van der Waals surface area contributed by atoms with Gasteiger partial charge in [0, 0.05) is 39.3 Å². The molecule has 2 aromatic rings. The summed E-state index contributed by atoms with van der Waals surface area (Å²) in [6.45, 7) is 2.50. The lowest BCUT2D eigenvalue weighted by atomic mass is 10.1. The van der Waals surface area contributed by atoms with E-state index in [0.717, 1.165) is 24.5 Å². The molecule has 0 radical (unpaired) electrons. The van der Waals surface area contributed by atoms with Crippen molar-refractivity contribution in [3.63, 3.8) is 0 Å². The van der Waals surface area contributed by atoms with E-state index in [1.807, 2.05) is 4.90 Å². The summed E-state index contributed by atoms with van der Waals surface area (Å²) < 4.78 is 84.1. The summed E-state index contributed by atoms with van der Waals surface area (Å²) in [5.74, 6) is -0.333.